The third-order valence-electron chi connectivity index (χ3n) is 4.02. The predicted molar refractivity (Wildman–Crippen MR) is 69.1 cm³/mol. The number of rotatable bonds is 4. The molecule has 0 radical (unpaired) electrons. The molecule has 2 amide bonds. The molecule has 2 rings (SSSR count). The van der Waals surface area contributed by atoms with Gasteiger partial charge < -0.3 is 15.5 Å². The summed E-state index contributed by atoms with van der Waals surface area (Å²) >= 11 is 0. The minimum Gasteiger partial charge on any atom is -0.357 e. The fourth-order valence-electron chi connectivity index (χ4n) is 2.97. The topological polar surface area (TPSA) is 61.4 Å². The Kier molecular flexibility index (Phi) is 4.58. The van der Waals surface area contributed by atoms with Crippen LogP contribution in [0.4, 0.5) is 0 Å². The highest BCUT2D eigenvalue weighted by Gasteiger charge is 2.33. The van der Waals surface area contributed by atoms with Gasteiger partial charge in [0.15, 0.2) is 0 Å². The number of hydrogen-bond acceptors (Lipinski definition) is 3. The first-order chi connectivity index (χ1) is 8.72. The van der Waals surface area contributed by atoms with E-state index in [-0.39, 0.29) is 17.9 Å². The van der Waals surface area contributed by atoms with Crippen LogP contribution < -0.4 is 10.6 Å². The maximum atomic E-state index is 12.1. The zero-order valence-electron chi connectivity index (χ0n) is 11.1. The molecular weight excluding hydrogens is 230 g/mol. The van der Waals surface area contributed by atoms with Crippen LogP contribution in [0.2, 0.25) is 0 Å². The summed E-state index contributed by atoms with van der Waals surface area (Å²) in [4.78, 5) is 25.5. The molecule has 102 valence electrons. The Morgan fingerprint density at radius 3 is 2.56 bits per heavy atom. The molecule has 2 aliphatic rings. The number of carbonyl (C=O) groups excluding carboxylic acids is 2. The van der Waals surface area contributed by atoms with E-state index < -0.39 is 0 Å². The molecule has 1 heterocycles. The highest BCUT2D eigenvalue weighted by atomic mass is 16.2. The lowest BCUT2D eigenvalue weighted by molar-refractivity contribution is -0.137. The fraction of sp³-hybridized carbons (Fsp3) is 0.846. The second kappa shape index (κ2) is 6.18. The Labute approximate surface area is 108 Å². The molecule has 1 saturated carbocycles. The van der Waals surface area contributed by atoms with Gasteiger partial charge >= 0.3 is 0 Å². The van der Waals surface area contributed by atoms with Crippen LogP contribution in [0.3, 0.4) is 0 Å². The predicted octanol–water partition coefficient (Wildman–Crippen LogP) is 0.256. The van der Waals surface area contributed by atoms with E-state index in [0.29, 0.717) is 19.1 Å². The SMILES string of the molecule is CNC(=O)C1CCCN1C(=O)CNC1CCCC1. The van der Waals surface area contributed by atoms with E-state index in [1.54, 1.807) is 11.9 Å². The molecule has 0 spiro atoms. The summed E-state index contributed by atoms with van der Waals surface area (Å²) < 4.78 is 0. The minimum absolute atomic E-state index is 0.0401. The van der Waals surface area contributed by atoms with Gasteiger partial charge in [0.25, 0.3) is 0 Å². The van der Waals surface area contributed by atoms with Crippen LogP contribution in [-0.4, -0.2) is 48.9 Å². The van der Waals surface area contributed by atoms with Crippen molar-refractivity contribution >= 4 is 11.8 Å². The highest BCUT2D eigenvalue weighted by molar-refractivity contribution is 5.88. The first-order valence-electron chi connectivity index (χ1n) is 6.97. The molecule has 18 heavy (non-hydrogen) atoms. The Morgan fingerprint density at radius 1 is 1.17 bits per heavy atom. The van der Waals surface area contributed by atoms with Gasteiger partial charge in [0, 0.05) is 19.6 Å². The van der Waals surface area contributed by atoms with E-state index in [0.717, 1.165) is 12.8 Å². The normalized spacial score (nSPS) is 24.5. The molecule has 5 heteroatoms. The summed E-state index contributed by atoms with van der Waals surface area (Å²) in [7, 11) is 1.63. The Bertz CT molecular complexity index is 313. The van der Waals surface area contributed by atoms with Crippen LogP contribution in [0.1, 0.15) is 38.5 Å². The number of nitrogens with one attached hydrogen (secondary N) is 2. The van der Waals surface area contributed by atoms with E-state index in [9.17, 15) is 9.59 Å². The standard InChI is InChI=1S/C13H23N3O2/c1-14-13(18)11-7-4-8-16(11)12(17)9-15-10-5-2-3-6-10/h10-11,15H,2-9H2,1H3,(H,14,18). The molecule has 0 aromatic heterocycles. The van der Waals surface area contributed by atoms with Gasteiger partial charge in [-0.1, -0.05) is 12.8 Å². The van der Waals surface area contributed by atoms with Gasteiger partial charge in [-0.25, -0.2) is 0 Å². The molecule has 0 bridgehead atoms. The quantitative estimate of drug-likeness (QED) is 0.755. The summed E-state index contributed by atoms with van der Waals surface area (Å²) in [5, 5.41) is 5.95. The summed E-state index contributed by atoms with van der Waals surface area (Å²) in [5.41, 5.74) is 0. The summed E-state index contributed by atoms with van der Waals surface area (Å²) in [6.07, 6.45) is 6.58. The highest BCUT2D eigenvalue weighted by Crippen LogP contribution is 2.19. The van der Waals surface area contributed by atoms with Crippen molar-refractivity contribution in [3.63, 3.8) is 0 Å². The van der Waals surface area contributed by atoms with Crippen molar-refractivity contribution in [2.45, 2.75) is 50.6 Å². The van der Waals surface area contributed by atoms with E-state index in [2.05, 4.69) is 10.6 Å². The van der Waals surface area contributed by atoms with Crippen molar-refractivity contribution in [3.8, 4) is 0 Å². The van der Waals surface area contributed by atoms with Crippen molar-refractivity contribution in [3.05, 3.63) is 0 Å². The molecule has 2 N–H and O–H groups in total. The molecular formula is C13H23N3O2. The number of hydrogen-bond donors (Lipinski definition) is 2. The smallest absolute Gasteiger partial charge is 0.242 e. The molecule has 1 saturated heterocycles. The van der Waals surface area contributed by atoms with Crippen molar-refractivity contribution in [2.24, 2.45) is 0 Å². The third-order valence-corrected chi connectivity index (χ3v) is 4.02. The van der Waals surface area contributed by atoms with E-state index >= 15 is 0 Å². The van der Waals surface area contributed by atoms with E-state index in [4.69, 9.17) is 0 Å². The van der Waals surface area contributed by atoms with Gasteiger partial charge in [-0.3, -0.25) is 9.59 Å². The van der Waals surface area contributed by atoms with Crippen molar-refractivity contribution < 1.29 is 9.59 Å². The Morgan fingerprint density at radius 2 is 1.89 bits per heavy atom. The van der Waals surface area contributed by atoms with E-state index in [1.807, 2.05) is 0 Å². The van der Waals surface area contributed by atoms with Crippen molar-refractivity contribution in [1.29, 1.82) is 0 Å². The van der Waals surface area contributed by atoms with E-state index in [1.165, 1.54) is 25.7 Å². The lowest BCUT2D eigenvalue weighted by Gasteiger charge is -2.24. The van der Waals surface area contributed by atoms with Crippen LogP contribution >= 0.6 is 0 Å². The van der Waals surface area contributed by atoms with Gasteiger partial charge in [-0.15, -0.1) is 0 Å². The summed E-state index contributed by atoms with van der Waals surface area (Å²) in [6.45, 7) is 1.08. The Hall–Kier alpha value is -1.10. The molecule has 1 atom stereocenters. The lowest BCUT2D eigenvalue weighted by atomic mass is 10.2. The number of carbonyl (C=O) groups is 2. The van der Waals surface area contributed by atoms with Crippen LogP contribution in [-0.2, 0) is 9.59 Å². The number of likely N-dealkylation sites (N-methyl/N-ethyl adjacent to an activating group) is 1. The summed E-state index contributed by atoms with van der Waals surface area (Å²) in [6, 6.07) is 0.239. The third kappa shape index (κ3) is 3.02. The average molecular weight is 253 g/mol. The van der Waals surface area contributed by atoms with Gasteiger partial charge in [0.2, 0.25) is 11.8 Å². The zero-order chi connectivity index (χ0) is 13.0. The Balaban J connectivity index is 1.81. The molecule has 2 fully saturated rings. The molecule has 0 aromatic carbocycles. The summed E-state index contributed by atoms with van der Waals surface area (Å²) in [5.74, 6) is 0.0229. The number of amides is 2. The van der Waals surface area contributed by atoms with Gasteiger partial charge in [-0.2, -0.15) is 0 Å². The second-order valence-corrected chi connectivity index (χ2v) is 5.22. The molecule has 1 unspecified atom stereocenters. The number of nitrogens with zero attached hydrogens (tertiary/aromatic N) is 1. The second-order valence-electron chi connectivity index (χ2n) is 5.22. The molecule has 1 aliphatic heterocycles. The van der Waals surface area contributed by atoms with Gasteiger partial charge in [0.05, 0.1) is 6.54 Å². The first kappa shape index (κ1) is 13.3. The van der Waals surface area contributed by atoms with Crippen LogP contribution in [0.25, 0.3) is 0 Å². The largest absolute Gasteiger partial charge is 0.357 e. The molecule has 1 aliphatic carbocycles. The van der Waals surface area contributed by atoms with Gasteiger partial charge in [0.1, 0.15) is 6.04 Å². The van der Waals surface area contributed by atoms with Crippen LogP contribution in [0.5, 0.6) is 0 Å². The van der Waals surface area contributed by atoms with Crippen LogP contribution in [0, 0.1) is 0 Å². The monoisotopic (exact) mass is 253 g/mol. The molecule has 0 aromatic rings. The maximum absolute atomic E-state index is 12.1. The van der Waals surface area contributed by atoms with Crippen LogP contribution in [0.15, 0.2) is 0 Å². The van der Waals surface area contributed by atoms with Crippen molar-refractivity contribution in [1.82, 2.24) is 15.5 Å². The maximum Gasteiger partial charge on any atom is 0.242 e. The fourth-order valence-corrected chi connectivity index (χ4v) is 2.97. The number of likely N-dealkylation sites (tertiary alicyclic amines) is 1. The van der Waals surface area contributed by atoms with Gasteiger partial charge in [-0.05, 0) is 25.7 Å². The lowest BCUT2D eigenvalue weighted by Crippen LogP contribution is -2.48. The zero-order valence-corrected chi connectivity index (χ0v) is 11.1. The minimum atomic E-state index is -0.257. The average Bonchev–Trinajstić information content (AvgIpc) is 3.05. The molecule has 5 nitrogen and oxygen atoms in total. The van der Waals surface area contributed by atoms with Crippen molar-refractivity contribution in [2.75, 3.05) is 20.1 Å². The first-order valence-corrected chi connectivity index (χ1v) is 6.97.